The van der Waals surface area contributed by atoms with Crippen molar-refractivity contribution in [1.29, 1.82) is 0 Å². The van der Waals surface area contributed by atoms with Crippen molar-refractivity contribution in [3.63, 3.8) is 0 Å². The summed E-state index contributed by atoms with van der Waals surface area (Å²) >= 11 is 0. The summed E-state index contributed by atoms with van der Waals surface area (Å²) in [5, 5.41) is 3.16. The van der Waals surface area contributed by atoms with Gasteiger partial charge in [0.25, 0.3) is 0 Å². The fourth-order valence-corrected chi connectivity index (χ4v) is 5.22. The van der Waals surface area contributed by atoms with Crippen LogP contribution in [0.1, 0.15) is 85.3 Å². The Morgan fingerprint density at radius 2 is 1.95 bits per heavy atom. The molecule has 1 aromatic carbocycles. The number of aliphatic imine (C=N–C) groups is 1. The fraction of sp³-hybridized carbons (Fsp3) is 0.412. The van der Waals surface area contributed by atoms with Crippen molar-refractivity contribution >= 4 is 23.4 Å². The number of benzene rings is 1. The van der Waals surface area contributed by atoms with Crippen LogP contribution < -0.4 is 10.2 Å². The lowest BCUT2D eigenvalue weighted by molar-refractivity contribution is -0.123. The number of halogens is 1. The minimum absolute atomic E-state index is 0.181. The van der Waals surface area contributed by atoms with Crippen LogP contribution in [0.15, 0.2) is 89.1 Å². The number of fused-ring (bicyclic) bond motifs is 1. The maximum Gasteiger partial charge on any atom is 0.237 e. The van der Waals surface area contributed by atoms with Crippen LogP contribution in [0, 0.1) is 5.92 Å². The summed E-state index contributed by atoms with van der Waals surface area (Å²) in [5.41, 5.74) is 6.01. The minimum Gasteiger partial charge on any atom is -0.356 e. The molecule has 0 radical (unpaired) electrons. The molecule has 5 heteroatoms. The maximum absolute atomic E-state index is 14.3. The smallest absolute Gasteiger partial charge is 0.237 e. The number of carbonyl (C=O) groups is 1. The molecule has 39 heavy (non-hydrogen) atoms. The first-order valence-electron chi connectivity index (χ1n) is 14.0. The molecule has 4 nitrogen and oxygen atoms in total. The molecule has 208 valence electrons. The van der Waals surface area contributed by atoms with Crippen molar-refractivity contribution in [3.8, 4) is 0 Å². The molecule has 0 aromatic heterocycles. The molecule has 2 aliphatic rings. The highest BCUT2D eigenvalue weighted by atomic mass is 19.1. The molecule has 1 aromatic rings. The van der Waals surface area contributed by atoms with Crippen molar-refractivity contribution in [2.45, 2.75) is 85.6 Å². The SMILES string of the molecule is C=C/C(F)=C(\C=C/C)N/C(C)=C(C)/C(=C\C(=C)c1ccc2c(c1)N(C1CC(CC)C1)C(=O)C2(C)C)N=CCC. The molecule has 0 unspecified atom stereocenters. The monoisotopic (exact) mass is 529 g/mol. The van der Waals surface area contributed by atoms with Crippen LogP contribution >= 0.6 is 0 Å². The van der Waals surface area contributed by atoms with Crippen LogP contribution in [-0.4, -0.2) is 18.2 Å². The van der Waals surface area contributed by atoms with E-state index >= 15 is 0 Å². The molecular formula is C34H44FN3O. The number of nitrogens with zero attached hydrogens (tertiary/aromatic N) is 2. The molecule has 1 fully saturated rings. The van der Waals surface area contributed by atoms with Gasteiger partial charge in [0.05, 0.1) is 16.8 Å². The summed E-state index contributed by atoms with van der Waals surface area (Å²) in [5.74, 6) is 0.453. The number of carbonyl (C=O) groups excluding carboxylic acids is 1. The average molecular weight is 530 g/mol. The Bertz CT molecular complexity index is 1290. The standard InChI is InChI=1S/C34H44FN3O/c1-10-14-30(29(35)13-4)37-24(7)23(6)31(36-17-11-2)18-22(5)26-15-16-28-32(21-26)38(33(39)34(28,8)9)27-19-25(12-3)20-27/h10,13-18,21,25,27,37H,4-5,11-12,19-20H2,1-3,6-9H3/b14-10-,24-23+,30-29-,31-18+,36-17?. The summed E-state index contributed by atoms with van der Waals surface area (Å²) < 4.78 is 14.3. The first kappa shape index (κ1) is 30.1. The van der Waals surface area contributed by atoms with Gasteiger partial charge in [-0.3, -0.25) is 9.79 Å². The Labute approximate surface area is 234 Å². The zero-order chi connectivity index (χ0) is 28.9. The van der Waals surface area contributed by atoms with Crippen LogP contribution in [-0.2, 0) is 10.2 Å². The van der Waals surface area contributed by atoms with Gasteiger partial charge in [0.15, 0.2) is 0 Å². The number of amides is 1. The van der Waals surface area contributed by atoms with Crippen molar-refractivity contribution in [2.75, 3.05) is 4.90 Å². The zero-order valence-corrected chi connectivity index (χ0v) is 24.7. The Balaban J connectivity index is 1.99. The summed E-state index contributed by atoms with van der Waals surface area (Å²) in [7, 11) is 0. The molecular weight excluding hydrogens is 485 g/mol. The van der Waals surface area contributed by atoms with E-state index in [1.807, 2.05) is 64.8 Å². The van der Waals surface area contributed by atoms with Gasteiger partial charge in [0.2, 0.25) is 5.91 Å². The maximum atomic E-state index is 14.3. The van der Waals surface area contributed by atoms with Gasteiger partial charge in [-0.15, -0.1) is 0 Å². The summed E-state index contributed by atoms with van der Waals surface area (Å²) in [6.45, 7) is 21.9. The second-order valence-electron chi connectivity index (χ2n) is 11.0. The van der Waals surface area contributed by atoms with Crippen molar-refractivity contribution < 1.29 is 9.18 Å². The predicted molar refractivity (Wildman–Crippen MR) is 164 cm³/mol. The number of allylic oxidation sites excluding steroid dienone is 8. The lowest BCUT2D eigenvalue weighted by Gasteiger charge is -2.41. The second-order valence-corrected chi connectivity index (χ2v) is 11.0. The second kappa shape index (κ2) is 12.6. The Morgan fingerprint density at radius 3 is 2.54 bits per heavy atom. The molecule has 1 aliphatic heterocycles. The molecule has 0 atom stereocenters. The number of nitrogens with one attached hydrogen (secondary N) is 1. The van der Waals surface area contributed by atoms with Crippen molar-refractivity contribution in [2.24, 2.45) is 10.9 Å². The molecule has 3 rings (SSSR count). The third kappa shape index (κ3) is 6.24. The van der Waals surface area contributed by atoms with E-state index in [4.69, 9.17) is 4.99 Å². The van der Waals surface area contributed by atoms with Crippen molar-refractivity contribution in [3.05, 3.63) is 95.3 Å². The van der Waals surface area contributed by atoms with E-state index in [1.54, 1.807) is 12.2 Å². The molecule has 0 saturated heterocycles. The van der Waals surface area contributed by atoms with Crippen LogP contribution in [0.3, 0.4) is 0 Å². The predicted octanol–water partition coefficient (Wildman–Crippen LogP) is 8.70. The van der Waals surface area contributed by atoms with E-state index in [9.17, 15) is 9.18 Å². The highest BCUT2D eigenvalue weighted by molar-refractivity contribution is 6.08. The van der Waals surface area contributed by atoms with Gasteiger partial charge in [-0.25, -0.2) is 4.39 Å². The Morgan fingerprint density at radius 1 is 1.26 bits per heavy atom. The molecule has 1 amide bonds. The van der Waals surface area contributed by atoms with Gasteiger partial charge in [-0.1, -0.05) is 51.6 Å². The Hall–Kier alpha value is -3.47. The van der Waals surface area contributed by atoms with E-state index in [0.717, 1.165) is 65.0 Å². The highest BCUT2D eigenvalue weighted by Gasteiger charge is 2.48. The highest BCUT2D eigenvalue weighted by Crippen LogP contribution is 2.48. The molecule has 0 bridgehead atoms. The first-order chi connectivity index (χ1) is 18.5. The number of anilines is 1. The summed E-state index contributed by atoms with van der Waals surface area (Å²) in [4.78, 5) is 20.2. The van der Waals surface area contributed by atoms with Crippen LogP contribution in [0.25, 0.3) is 5.57 Å². The molecule has 1 aliphatic carbocycles. The molecule has 1 N–H and O–H groups in total. The topological polar surface area (TPSA) is 44.7 Å². The van der Waals surface area contributed by atoms with Crippen LogP contribution in [0.4, 0.5) is 10.1 Å². The third-order valence-electron chi connectivity index (χ3n) is 7.97. The van der Waals surface area contributed by atoms with E-state index in [1.165, 1.54) is 6.08 Å². The van der Waals surface area contributed by atoms with Gasteiger partial charge in [-0.05, 0) is 106 Å². The van der Waals surface area contributed by atoms with Crippen LogP contribution in [0.2, 0.25) is 0 Å². The van der Waals surface area contributed by atoms with Gasteiger partial charge < -0.3 is 10.2 Å². The van der Waals surface area contributed by atoms with Crippen molar-refractivity contribution in [1.82, 2.24) is 5.32 Å². The lowest BCUT2D eigenvalue weighted by atomic mass is 9.77. The summed E-state index contributed by atoms with van der Waals surface area (Å²) in [6, 6.07) is 6.50. The van der Waals surface area contributed by atoms with Gasteiger partial charge in [0.1, 0.15) is 5.83 Å². The van der Waals surface area contributed by atoms with Gasteiger partial charge in [0, 0.05) is 23.6 Å². The molecule has 1 heterocycles. The zero-order valence-electron chi connectivity index (χ0n) is 24.7. The Kier molecular flexibility index (Phi) is 9.71. The molecule has 1 saturated carbocycles. The van der Waals surface area contributed by atoms with Crippen LogP contribution in [0.5, 0.6) is 0 Å². The normalized spacial score (nSPS) is 22.0. The quantitative estimate of drug-likeness (QED) is 0.230. The van der Waals surface area contributed by atoms with E-state index < -0.39 is 11.2 Å². The number of hydrogen-bond donors (Lipinski definition) is 1. The minimum atomic E-state index is -0.542. The first-order valence-corrected chi connectivity index (χ1v) is 14.0. The average Bonchev–Trinajstić information content (AvgIpc) is 3.09. The number of hydrogen-bond acceptors (Lipinski definition) is 3. The van der Waals surface area contributed by atoms with Gasteiger partial charge >= 0.3 is 0 Å². The fourth-order valence-electron chi connectivity index (χ4n) is 5.22. The largest absolute Gasteiger partial charge is 0.356 e. The van der Waals surface area contributed by atoms with E-state index in [-0.39, 0.29) is 11.9 Å². The molecule has 0 spiro atoms. The summed E-state index contributed by atoms with van der Waals surface area (Å²) in [6.07, 6.45) is 12.5. The third-order valence-corrected chi connectivity index (χ3v) is 7.97. The van der Waals surface area contributed by atoms with Gasteiger partial charge in [-0.2, -0.15) is 0 Å². The number of rotatable bonds is 11. The van der Waals surface area contributed by atoms with E-state index in [0.29, 0.717) is 11.6 Å². The lowest BCUT2D eigenvalue weighted by Crippen LogP contribution is -2.49. The van der Waals surface area contributed by atoms with E-state index in [2.05, 4.69) is 37.5 Å².